The van der Waals surface area contributed by atoms with Gasteiger partial charge in [0, 0.05) is 10.4 Å². The molecule has 2 aromatic carbocycles. The topological polar surface area (TPSA) is 9.23 Å². The minimum absolute atomic E-state index is 0.0672. The summed E-state index contributed by atoms with van der Waals surface area (Å²) in [5, 5.41) is -0.0672. The van der Waals surface area contributed by atoms with Crippen LogP contribution in [-0.4, -0.2) is 6.61 Å². The van der Waals surface area contributed by atoms with E-state index in [-0.39, 0.29) is 5.38 Å². The molecule has 21 heavy (non-hydrogen) atoms. The van der Waals surface area contributed by atoms with Crippen molar-refractivity contribution in [1.29, 1.82) is 0 Å². The van der Waals surface area contributed by atoms with Gasteiger partial charge in [-0.15, -0.1) is 11.6 Å². The van der Waals surface area contributed by atoms with Gasteiger partial charge in [-0.2, -0.15) is 0 Å². The van der Waals surface area contributed by atoms with E-state index in [1.54, 1.807) is 0 Å². The molecule has 0 spiro atoms. The second-order valence-electron chi connectivity index (χ2n) is 4.94. The molecule has 112 valence electrons. The van der Waals surface area contributed by atoms with Crippen LogP contribution in [0.1, 0.15) is 42.7 Å². The van der Waals surface area contributed by atoms with E-state index in [1.165, 1.54) is 5.56 Å². The van der Waals surface area contributed by atoms with Crippen molar-refractivity contribution in [3.05, 3.63) is 64.1 Å². The molecule has 2 atom stereocenters. The van der Waals surface area contributed by atoms with Crippen molar-refractivity contribution < 1.29 is 4.74 Å². The van der Waals surface area contributed by atoms with Crippen molar-refractivity contribution in [2.45, 2.75) is 31.6 Å². The van der Waals surface area contributed by atoms with E-state index in [9.17, 15) is 0 Å². The van der Waals surface area contributed by atoms with Crippen molar-refractivity contribution in [2.24, 2.45) is 0 Å². The second kappa shape index (κ2) is 7.86. The highest BCUT2D eigenvalue weighted by Gasteiger charge is 2.23. The Bertz CT molecular complexity index is 571. The van der Waals surface area contributed by atoms with E-state index in [2.05, 4.69) is 53.2 Å². The number of alkyl halides is 1. The van der Waals surface area contributed by atoms with Gasteiger partial charge in [0.25, 0.3) is 0 Å². The molecule has 0 saturated carbocycles. The van der Waals surface area contributed by atoms with E-state index < -0.39 is 0 Å². The molecule has 2 unspecified atom stereocenters. The van der Waals surface area contributed by atoms with Gasteiger partial charge in [-0.25, -0.2) is 0 Å². The minimum atomic E-state index is -0.0672. The van der Waals surface area contributed by atoms with Crippen molar-refractivity contribution in [2.75, 3.05) is 6.61 Å². The summed E-state index contributed by atoms with van der Waals surface area (Å²) >= 11 is 10.4. The third-order valence-corrected chi connectivity index (χ3v) is 4.83. The van der Waals surface area contributed by atoms with E-state index in [1.807, 2.05) is 25.1 Å². The van der Waals surface area contributed by atoms with E-state index >= 15 is 0 Å². The Morgan fingerprint density at radius 2 is 1.81 bits per heavy atom. The first-order valence-electron chi connectivity index (χ1n) is 7.28. The van der Waals surface area contributed by atoms with Gasteiger partial charge in [0.05, 0.1) is 12.0 Å². The molecule has 2 aromatic rings. The van der Waals surface area contributed by atoms with Gasteiger partial charge in [-0.3, -0.25) is 0 Å². The smallest absolute Gasteiger partial charge is 0.120 e. The van der Waals surface area contributed by atoms with E-state index in [0.29, 0.717) is 12.5 Å². The number of ether oxygens (including phenoxy) is 1. The fraction of sp³-hybridized carbons (Fsp3) is 0.333. The Morgan fingerprint density at radius 1 is 1.10 bits per heavy atom. The van der Waals surface area contributed by atoms with Crippen LogP contribution in [0.2, 0.25) is 0 Å². The SMILES string of the molecule is CCOc1ccc(C(Cl)C(CC)c2ccccc2)c(Br)c1. The van der Waals surface area contributed by atoms with Crippen LogP contribution in [0, 0.1) is 0 Å². The number of hydrogen-bond acceptors (Lipinski definition) is 1. The van der Waals surface area contributed by atoms with Crippen molar-refractivity contribution in [3.8, 4) is 5.75 Å². The van der Waals surface area contributed by atoms with Crippen LogP contribution in [0.5, 0.6) is 5.75 Å². The van der Waals surface area contributed by atoms with Gasteiger partial charge in [-0.1, -0.05) is 59.3 Å². The Morgan fingerprint density at radius 3 is 2.38 bits per heavy atom. The third kappa shape index (κ3) is 4.02. The normalized spacial score (nSPS) is 13.7. The minimum Gasteiger partial charge on any atom is -0.494 e. The summed E-state index contributed by atoms with van der Waals surface area (Å²) in [6, 6.07) is 16.5. The molecule has 0 aromatic heterocycles. The van der Waals surface area contributed by atoms with Crippen LogP contribution in [0.4, 0.5) is 0 Å². The lowest BCUT2D eigenvalue weighted by Gasteiger charge is -2.23. The molecule has 0 heterocycles. The highest BCUT2D eigenvalue weighted by Crippen LogP contribution is 2.42. The summed E-state index contributed by atoms with van der Waals surface area (Å²) in [6.45, 7) is 4.82. The summed E-state index contributed by atoms with van der Waals surface area (Å²) < 4.78 is 6.52. The third-order valence-electron chi connectivity index (χ3n) is 3.60. The zero-order valence-electron chi connectivity index (χ0n) is 12.4. The predicted molar refractivity (Wildman–Crippen MR) is 93.4 cm³/mol. The predicted octanol–water partition coefficient (Wildman–Crippen LogP) is 6.32. The van der Waals surface area contributed by atoms with Crippen LogP contribution in [-0.2, 0) is 0 Å². The molecule has 0 radical (unpaired) electrons. The first-order valence-corrected chi connectivity index (χ1v) is 8.51. The second-order valence-corrected chi connectivity index (χ2v) is 6.27. The lowest BCUT2D eigenvalue weighted by atomic mass is 9.89. The number of benzene rings is 2. The average molecular weight is 368 g/mol. The zero-order valence-corrected chi connectivity index (χ0v) is 14.7. The van der Waals surface area contributed by atoms with Gasteiger partial charge < -0.3 is 4.74 Å². The van der Waals surface area contributed by atoms with Crippen molar-refractivity contribution in [3.63, 3.8) is 0 Å². The maximum absolute atomic E-state index is 6.77. The number of hydrogen-bond donors (Lipinski definition) is 0. The van der Waals surface area contributed by atoms with Gasteiger partial charge in [-0.05, 0) is 36.6 Å². The highest BCUT2D eigenvalue weighted by molar-refractivity contribution is 9.10. The average Bonchev–Trinajstić information content (AvgIpc) is 2.49. The highest BCUT2D eigenvalue weighted by atomic mass is 79.9. The fourth-order valence-corrected chi connectivity index (χ4v) is 3.77. The Balaban J connectivity index is 2.27. The molecule has 1 nitrogen and oxygen atoms in total. The lowest BCUT2D eigenvalue weighted by molar-refractivity contribution is 0.340. The summed E-state index contributed by atoms with van der Waals surface area (Å²) in [5.41, 5.74) is 2.39. The molecule has 0 aliphatic heterocycles. The maximum atomic E-state index is 6.77. The van der Waals surface area contributed by atoms with Crippen LogP contribution in [0.25, 0.3) is 0 Å². The monoisotopic (exact) mass is 366 g/mol. The summed E-state index contributed by atoms with van der Waals surface area (Å²) in [7, 11) is 0. The first kappa shape index (κ1) is 16.4. The van der Waals surface area contributed by atoms with Gasteiger partial charge >= 0.3 is 0 Å². The Hall–Kier alpha value is -0.990. The largest absolute Gasteiger partial charge is 0.494 e. The molecular weight excluding hydrogens is 348 g/mol. The molecule has 0 saturated heterocycles. The molecule has 0 amide bonds. The van der Waals surface area contributed by atoms with Crippen LogP contribution in [0.3, 0.4) is 0 Å². The van der Waals surface area contributed by atoms with E-state index in [4.69, 9.17) is 16.3 Å². The zero-order chi connectivity index (χ0) is 15.2. The van der Waals surface area contributed by atoms with Crippen molar-refractivity contribution >= 4 is 27.5 Å². The van der Waals surface area contributed by atoms with Gasteiger partial charge in [0.2, 0.25) is 0 Å². The van der Waals surface area contributed by atoms with Gasteiger partial charge in [0.15, 0.2) is 0 Å². The Kier molecular flexibility index (Phi) is 6.13. The molecule has 2 rings (SSSR count). The Labute approximate surface area is 140 Å². The first-order chi connectivity index (χ1) is 10.2. The molecule has 0 bridgehead atoms. The summed E-state index contributed by atoms with van der Waals surface area (Å²) in [6.07, 6.45) is 0.998. The van der Waals surface area contributed by atoms with Crippen LogP contribution in [0.15, 0.2) is 53.0 Å². The molecule has 0 fully saturated rings. The van der Waals surface area contributed by atoms with E-state index in [0.717, 1.165) is 22.2 Å². The van der Waals surface area contributed by atoms with Gasteiger partial charge in [0.1, 0.15) is 5.75 Å². The summed E-state index contributed by atoms with van der Waals surface area (Å²) in [5.74, 6) is 1.16. The molecule has 0 aliphatic carbocycles. The summed E-state index contributed by atoms with van der Waals surface area (Å²) in [4.78, 5) is 0. The van der Waals surface area contributed by atoms with Crippen molar-refractivity contribution in [1.82, 2.24) is 0 Å². The van der Waals surface area contributed by atoms with Crippen LogP contribution >= 0.6 is 27.5 Å². The molecular formula is C18H20BrClO. The number of halogens is 2. The lowest BCUT2D eigenvalue weighted by Crippen LogP contribution is -2.06. The maximum Gasteiger partial charge on any atom is 0.120 e. The molecule has 3 heteroatoms. The number of rotatable bonds is 6. The van der Waals surface area contributed by atoms with Crippen LogP contribution < -0.4 is 4.74 Å². The standard InChI is InChI=1S/C18H20BrClO/c1-3-15(13-8-6-5-7-9-13)18(20)16-11-10-14(21-4-2)12-17(16)19/h5-12,15,18H,3-4H2,1-2H3. The quantitative estimate of drug-likeness (QED) is 0.543. The fourth-order valence-electron chi connectivity index (χ4n) is 2.52. The molecule has 0 N–H and O–H groups in total. The molecule has 0 aliphatic rings.